The summed E-state index contributed by atoms with van der Waals surface area (Å²) in [5.41, 5.74) is 1.10. The van der Waals surface area contributed by atoms with Crippen molar-refractivity contribution in [3.63, 3.8) is 0 Å². The van der Waals surface area contributed by atoms with Gasteiger partial charge in [-0.3, -0.25) is 9.59 Å². The second kappa shape index (κ2) is 9.56. The summed E-state index contributed by atoms with van der Waals surface area (Å²) in [5, 5.41) is 0. The average Bonchev–Trinajstić information content (AvgIpc) is 2.43. The van der Waals surface area contributed by atoms with Crippen molar-refractivity contribution in [2.24, 2.45) is 5.92 Å². The van der Waals surface area contributed by atoms with Crippen LogP contribution in [0, 0.1) is 5.92 Å². The molecule has 0 heterocycles. The highest BCUT2D eigenvalue weighted by molar-refractivity contribution is 5.77. The number of hydrogen-bond acceptors (Lipinski definition) is 4. The van der Waals surface area contributed by atoms with Gasteiger partial charge in [-0.25, -0.2) is 0 Å². The molecule has 0 bridgehead atoms. The van der Waals surface area contributed by atoms with Crippen molar-refractivity contribution >= 4 is 11.9 Å². The van der Waals surface area contributed by atoms with Crippen LogP contribution in [0.25, 0.3) is 0 Å². The molecule has 0 aromatic heterocycles. The standard InChI is InChI=1S/C16H26O4/c1-13(2)10-11-19-15(17)8-9-16(18)20-12-14-6-4-3-5-7-14/h10,14H,3-9,11-12H2,1-2H3. The van der Waals surface area contributed by atoms with Gasteiger partial charge in [-0.05, 0) is 38.7 Å². The summed E-state index contributed by atoms with van der Waals surface area (Å²) in [6.07, 6.45) is 8.11. The van der Waals surface area contributed by atoms with Crippen LogP contribution in [-0.2, 0) is 19.1 Å². The predicted molar refractivity (Wildman–Crippen MR) is 77.2 cm³/mol. The van der Waals surface area contributed by atoms with Crippen LogP contribution in [0.2, 0.25) is 0 Å². The Morgan fingerprint density at radius 2 is 1.60 bits per heavy atom. The maximum atomic E-state index is 11.5. The maximum Gasteiger partial charge on any atom is 0.306 e. The minimum absolute atomic E-state index is 0.0973. The van der Waals surface area contributed by atoms with Gasteiger partial charge in [0.1, 0.15) is 6.61 Å². The van der Waals surface area contributed by atoms with E-state index in [1.165, 1.54) is 19.3 Å². The molecular formula is C16H26O4. The minimum atomic E-state index is -0.350. The third-order valence-corrected chi connectivity index (χ3v) is 3.47. The summed E-state index contributed by atoms with van der Waals surface area (Å²) in [7, 11) is 0. The van der Waals surface area contributed by atoms with Gasteiger partial charge < -0.3 is 9.47 Å². The molecule has 0 aromatic rings. The third kappa shape index (κ3) is 7.97. The summed E-state index contributed by atoms with van der Waals surface area (Å²) >= 11 is 0. The van der Waals surface area contributed by atoms with E-state index in [2.05, 4.69) is 0 Å². The minimum Gasteiger partial charge on any atom is -0.465 e. The Labute approximate surface area is 121 Å². The van der Waals surface area contributed by atoms with E-state index in [-0.39, 0.29) is 31.4 Å². The molecule has 0 unspecified atom stereocenters. The lowest BCUT2D eigenvalue weighted by Crippen LogP contribution is -2.17. The number of esters is 2. The summed E-state index contributed by atoms with van der Waals surface area (Å²) in [5.74, 6) is -0.135. The van der Waals surface area contributed by atoms with Gasteiger partial charge in [0, 0.05) is 0 Å². The fourth-order valence-electron chi connectivity index (χ4n) is 2.21. The molecule has 0 radical (unpaired) electrons. The van der Waals surface area contributed by atoms with E-state index < -0.39 is 0 Å². The molecule has 0 N–H and O–H groups in total. The summed E-state index contributed by atoms with van der Waals surface area (Å²) in [6.45, 7) is 4.66. The maximum absolute atomic E-state index is 11.5. The zero-order valence-corrected chi connectivity index (χ0v) is 12.7. The zero-order valence-electron chi connectivity index (χ0n) is 12.7. The van der Waals surface area contributed by atoms with Crippen LogP contribution in [0.1, 0.15) is 58.8 Å². The van der Waals surface area contributed by atoms with Crippen molar-refractivity contribution in [3.05, 3.63) is 11.6 Å². The van der Waals surface area contributed by atoms with E-state index in [1.54, 1.807) is 0 Å². The molecule has 0 aliphatic heterocycles. The second-order valence-corrected chi connectivity index (χ2v) is 5.65. The fourth-order valence-corrected chi connectivity index (χ4v) is 2.21. The van der Waals surface area contributed by atoms with Gasteiger partial charge in [0.05, 0.1) is 19.4 Å². The van der Waals surface area contributed by atoms with Crippen LogP contribution in [0.5, 0.6) is 0 Å². The fraction of sp³-hybridized carbons (Fsp3) is 0.750. The van der Waals surface area contributed by atoms with E-state index in [1.807, 2.05) is 19.9 Å². The van der Waals surface area contributed by atoms with Crippen molar-refractivity contribution in [1.29, 1.82) is 0 Å². The Bertz CT molecular complexity index is 336. The van der Waals surface area contributed by atoms with Crippen LogP contribution < -0.4 is 0 Å². The molecule has 0 spiro atoms. The SMILES string of the molecule is CC(C)=CCOC(=O)CCC(=O)OCC1CCCCC1. The van der Waals surface area contributed by atoms with Crippen LogP contribution in [-0.4, -0.2) is 25.2 Å². The molecule has 1 rings (SSSR count). The van der Waals surface area contributed by atoms with Crippen LogP contribution in [0.15, 0.2) is 11.6 Å². The largest absolute Gasteiger partial charge is 0.465 e. The Balaban J connectivity index is 2.06. The lowest BCUT2D eigenvalue weighted by Gasteiger charge is -2.20. The van der Waals surface area contributed by atoms with E-state index >= 15 is 0 Å². The number of ether oxygens (including phenoxy) is 2. The molecule has 1 saturated carbocycles. The quantitative estimate of drug-likeness (QED) is 0.530. The normalized spacial score (nSPS) is 15.5. The van der Waals surface area contributed by atoms with E-state index in [9.17, 15) is 9.59 Å². The van der Waals surface area contributed by atoms with E-state index in [0.29, 0.717) is 12.5 Å². The van der Waals surface area contributed by atoms with Gasteiger partial charge in [0.25, 0.3) is 0 Å². The van der Waals surface area contributed by atoms with Crippen molar-refractivity contribution in [1.82, 2.24) is 0 Å². The van der Waals surface area contributed by atoms with Crippen molar-refractivity contribution in [2.75, 3.05) is 13.2 Å². The highest BCUT2D eigenvalue weighted by Gasteiger charge is 2.16. The number of carbonyl (C=O) groups is 2. The molecule has 1 aliphatic rings. The molecule has 1 fully saturated rings. The van der Waals surface area contributed by atoms with Crippen molar-refractivity contribution < 1.29 is 19.1 Å². The van der Waals surface area contributed by atoms with Crippen LogP contribution in [0.3, 0.4) is 0 Å². The third-order valence-electron chi connectivity index (χ3n) is 3.47. The molecule has 0 amide bonds. The van der Waals surface area contributed by atoms with Crippen molar-refractivity contribution in [2.45, 2.75) is 58.8 Å². The van der Waals surface area contributed by atoms with E-state index in [4.69, 9.17) is 9.47 Å². The molecule has 4 nitrogen and oxygen atoms in total. The summed E-state index contributed by atoms with van der Waals surface area (Å²) in [4.78, 5) is 22.9. The van der Waals surface area contributed by atoms with Gasteiger partial charge in [-0.1, -0.05) is 24.8 Å². The van der Waals surface area contributed by atoms with Crippen LogP contribution >= 0.6 is 0 Å². The van der Waals surface area contributed by atoms with Gasteiger partial charge in [-0.2, -0.15) is 0 Å². The van der Waals surface area contributed by atoms with Gasteiger partial charge >= 0.3 is 11.9 Å². The molecular weight excluding hydrogens is 256 g/mol. The first-order valence-electron chi connectivity index (χ1n) is 7.52. The monoisotopic (exact) mass is 282 g/mol. The molecule has 4 heteroatoms. The van der Waals surface area contributed by atoms with Crippen molar-refractivity contribution in [3.8, 4) is 0 Å². The number of rotatable bonds is 7. The first kappa shape index (κ1) is 16.7. The van der Waals surface area contributed by atoms with Gasteiger partial charge in [0.15, 0.2) is 0 Å². The molecule has 114 valence electrons. The van der Waals surface area contributed by atoms with E-state index in [0.717, 1.165) is 18.4 Å². The smallest absolute Gasteiger partial charge is 0.306 e. The highest BCUT2D eigenvalue weighted by Crippen LogP contribution is 2.23. The summed E-state index contributed by atoms with van der Waals surface area (Å²) in [6, 6.07) is 0. The summed E-state index contributed by atoms with van der Waals surface area (Å²) < 4.78 is 10.2. The number of carbonyl (C=O) groups excluding carboxylic acids is 2. The second-order valence-electron chi connectivity index (χ2n) is 5.65. The number of hydrogen-bond donors (Lipinski definition) is 0. The molecule has 20 heavy (non-hydrogen) atoms. The first-order valence-corrected chi connectivity index (χ1v) is 7.52. The Morgan fingerprint density at radius 1 is 1.00 bits per heavy atom. The average molecular weight is 282 g/mol. The Hall–Kier alpha value is -1.32. The zero-order chi connectivity index (χ0) is 14.8. The first-order chi connectivity index (χ1) is 9.58. The molecule has 0 aromatic carbocycles. The van der Waals surface area contributed by atoms with Crippen LogP contribution in [0.4, 0.5) is 0 Å². The molecule has 0 saturated heterocycles. The topological polar surface area (TPSA) is 52.6 Å². The number of allylic oxidation sites excluding steroid dienone is 1. The van der Waals surface area contributed by atoms with Gasteiger partial charge in [-0.15, -0.1) is 0 Å². The lowest BCUT2D eigenvalue weighted by molar-refractivity contribution is -0.150. The Morgan fingerprint density at radius 3 is 2.20 bits per heavy atom. The Kier molecular flexibility index (Phi) is 8.00. The molecule has 1 aliphatic carbocycles. The predicted octanol–water partition coefficient (Wildman–Crippen LogP) is 3.40. The van der Waals surface area contributed by atoms with Gasteiger partial charge in [0.2, 0.25) is 0 Å². The lowest BCUT2D eigenvalue weighted by atomic mass is 9.90. The highest BCUT2D eigenvalue weighted by atomic mass is 16.5. The molecule has 0 atom stereocenters.